The van der Waals surface area contributed by atoms with Crippen molar-refractivity contribution >= 4 is 14.3 Å². The molecule has 0 aromatic rings. The second kappa shape index (κ2) is 6.46. The molecule has 72 valence electrons. The quantitative estimate of drug-likeness (QED) is 0.464. The molecule has 4 N–H and O–H groups in total. The maximum absolute atomic E-state index is 10.8. The van der Waals surface area contributed by atoms with Crippen LogP contribution in [0.3, 0.4) is 0 Å². The molecule has 0 aromatic heterocycles. The Morgan fingerprint density at radius 3 is 2.75 bits per heavy atom. The molecule has 6 heteroatoms. The summed E-state index contributed by atoms with van der Waals surface area (Å²) in [5, 5.41) is 17.2. The number of aliphatic hydroxyl groups excluding tert-OH is 2. The van der Waals surface area contributed by atoms with Gasteiger partial charge in [0.1, 0.15) is 6.10 Å². The minimum Gasteiger partial charge on any atom is -0.394 e. The van der Waals surface area contributed by atoms with E-state index >= 15 is 0 Å². The molecule has 0 aliphatic heterocycles. The second-order valence-electron chi connectivity index (χ2n) is 2.40. The fourth-order valence-corrected chi connectivity index (χ4v) is 0.959. The summed E-state index contributed by atoms with van der Waals surface area (Å²) in [4.78, 5) is 10.8. The molecular formula is C6H14NO4P. The van der Waals surface area contributed by atoms with E-state index in [0.29, 0.717) is 0 Å². The molecule has 0 radical (unpaired) electrons. The van der Waals surface area contributed by atoms with E-state index in [1.807, 2.05) is 0 Å². The lowest BCUT2D eigenvalue weighted by molar-refractivity contribution is -0.112. The lowest BCUT2D eigenvalue weighted by Gasteiger charge is -2.08. The van der Waals surface area contributed by atoms with E-state index in [1.165, 1.54) is 0 Å². The predicted octanol–water partition coefficient (Wildman–Crippen LogP) is -1.18. The Bertz CT molecular complexity index is 142. The highest BCUT2D eigenvalue weighted by Crippen LogP contribution is 2.14. The third-order valence-electron chi connectivity index (χ3n) is 1.07. The standard InChI is InChI=1S/C6H14NO4P/c1-4(7)6(10)12-11-3-5(9)2-8/h4-5,8-9,12H,2-3,7H2,1H3/t4-,5?/m0/s1. The first-order valence-corrected chi connectivity index (χ1v) is 4.45. The Morgan fingerprint density at radius 2 is 2.33 bits per heavy atom. The molecule has 3 atom stereocenters. The van der Waals surface area contributed by atoms with Crippen LogP contribution in [0.5, 0.6) is 0 Å². The van der Waals surface area contributed by atoms with Crippen molar-refractivity contribution in [3.63, 3.8) is 0 Å². The minimum absolute atomic E-state index is 0.0343. The molecule has 0 amide bonds. The van der Waals surface area contributed by atoms with E-state index in [-0.39, 0.29) is 27.5 Å². The summed E-state index contributed by atoms with van der Waals surface area (Å²) in [5.41, 5.74) is 5.06. The minimum atomic E-state index is -0.918. The van der Waals surface area contributed by atoms with Crippen molar-refractivity contribution in [2.45, 2.75) is 19.1 Å². The molecule has 0 rings (SSSR count). The molecule has 0 aliphatic rings. The van der Waals surface area contributed by atoms with Gasteiger partial charge in [-0.05, 0) is 6.92 Å². The fourth-order valence-electron chi connectivity index (χ4n) is 0.355. The van der Waals surface area contributed by atoms with Crippen molar-refractivity contribution in [3.05, 3.63) is 0 Å². The third kappa shape index (κ3) is 5.57. The van der Waals surface area contributed by atoms with Gasteiger partial charge in [0.25, 0.3) is 0 Å². The van der Waals surface area contributed by atoms with Gasteiger partial charge >= 0.3 is 0 Å². The Balaban J connectivity index is 3.37. The average molecular weight is 195 g/mol. The van der Waals surface area contributed by atoms with Crippen LogP contribution in [0.2, 0.25) is 0 Å². The van der Waals surface area contributed by atoms with E-state index in [0.717, 1.165) is 0 Å². The number of hydrogen-bond donors (Lipinski definition) is 3. The summed E-state index contributed by atoms with van der Waals surface area (Å²) in [5.74, 6) is 0. The zero-order valence-electron chi connectivity index (χ0n) is 6.86. The Morgan fingerprint density at radius 1 is 1.75 bits per heavy atom. The normalized spacial score (nSPS) is 16.7. The summed E-state index contributed by atoms with van der Waals surface area (Å²) in [6, 6.07) is -0.533. The molecule has 0 spiro atoms. The second-order valence-corrected chi connectivity index (χ2v) is 3.39. The van der Waals surface area contributed by atoms with E-state index < -0.39 is 12.1 Å². The molecule has 0 saturated carbocycles. The van der Waals surface area contributed by atoms with Crippen LogP contribution in [0.15, 0.2) is 0 Å². The van der Waals surface area contributed by atoms with Gasteiger partial charge in [0.2, 0.25) is 0 Å². The highest BCUT2D eigenvalue weighted by atomic mass is 31.1. The average Bonchev–Trinajstić information content (AvgIpc) is 2.03. The Kier molecular flexibility index (Phi) is 6.42. The lowest BCUT2D eigenvalue weighted by Crippen LogP contribution is -2.24. The highest BCUT2D eigenvalue weighted by molar-refractivity contribution is 7.53. The molecular weight excluding hydrogens is 181 g/mol. The van der Waals surface area contributed by atoms with Gasteiger partial charge in [-0.2, -0.15) is 0 Å². The van der Waals surface area contributed by atoms with Gasteiger partial charge in [-0.3, -0.25) is 4.79 Å². The van der Waals surface area contributed by atoms with Gasteiger partial charge in [0.05, 0.1) is 28.1 Å². The van der Waals surface area contributed by atoms with Gasteiger partial charge in [0, 0.05) is 0 Å². The van der Waals surface area contributed by atoms with Crippen molar-refractivity contribution in [2.24, 2.45) is 5.73 Å². The van der Waals surface area contributed by atoms with E-state index in [9.17, 15) is 4.79 Å². The molecule has 0 aromatic carbocycles. The first-order valence-electron chi connectivity index (χ1n) is 3.54. The molecule has 0 fully saturated rings. The fraction of sp³-hybridized carbons (Fsp3) is 0.833. The molecule has 0 bridgehead atoms. The lowest BCUT2D eigenvalue weighted by atomic mass is 10.4. The number of carbonyl (C=O) groups excluding carboxylic acids is 1. The topological polar surface area (TPSA) is 92.8 Å². The Hall–Kier alpha value is -0.0600. The first kappa shape index (κ1) is 11.9. The van der Waals surface area contributed by atoms with Crippen molar-refractivity contribution < 1.29 is 19.5 Å². The van der Waals surface area contributed by atoms with Gasteiger partial charge in [-0.1, -0.05) is 0 Å². The van der Waals surface area contributed by atoms with Crippen molar-refractivity contribution in [1.82, 2.24) is 0 Å². The van der Waals surface area contributed by atoms with Gasteiger partial charge in [-0.15, -0.1) is 0 Å². The van der Waals surface area contributed by atoms with Crippen LogP contribution < -0.4 is 5.73 Å². The van der Waals surface area contributed by atoms with E-state index in [2.05, 4.69) is 0 Å². The first-order chi connectivity index (χ1) is 5.57. The number of hydrogen-bond acceptors (Lipinski definition) is 5. The van der Waals surface area contributed by atoms with Crippen LogP contribution >= 0.6 is 8.81 Å². The summed E-state index contributed by atoms with van der Waals surface area (Å²) >= 11 is 0. The van der Waals surface area contributed by atoms with E-state index in [1.54, 1.807) is 6.92 Å². The van der Waals surface area contributed by atoms with Crippen LogP contribution in [-0.2, 0) is 9.32 Å². The van der Waals surface area contributed by atoms with Crippen LogP contribution in [0.1, 0.15) is 6.92 Å². The number of rotatable bonds is 6. The molecule has 2 unspecified atom stereocenters. The Labute approximate surface area is 72.8 Å². The van der Waals surface area contributed by atoms with Crippen LogP contribution in [0, 0.1) is 0 Å². The third-order valence-corrected chi connectivity index (χ3v) is 2.04. The van der Waals surface area contributed by atoms with Gasteiger partial charge < -0.3 is 20.5 Å². The summed E-state index contributed by atoms with van der Waals surface area (Å²) in [7, 11) is -0.353. The zero-order valence-corrected chi connectivity index (χ0v) is 7.86. The maximum Gasteiger partial charge on any atom is 0.194 e. The van der Waals surface area contributed by atoms with Crippen LogP contribution in [-0.4, -0.2) is 41.1 Å². The number of nitrogens with two attached hydrogens (primary N) is 1. The monoisotopic (exact) mass is 195 g/mol. The number of carbonyl (C=O) groups is 1. The molecule has 12 heavy (non-hydrogen) atoms. The van der Waals surface area contributed by atoms with Crippen LogP contribution in [0.25, 0.3) is 0 Å². The predicted molar refractivity (Wildman–Crippen MR) is 46.0 cm³/mol. The summed E-state index contributed by atoms with van der Waals surface area (Å²) in [6.45, 7) is 1.17. The maximum atomic E-state index is 10.8. The molecule has 0 aliphatic carbocycles. The van der Waals surface area contributed by atoms with E-state index in [4.69, 9.17) is 20.5 Å². The molecule has 5 nitrogen and oxygen atoms in total. The summed E-state index contributed by atoms with van der Waals surface area (Å²) in [6.07, 6.45) is -0.918. The van der Waals surface area contributed by atoms with Crippen molar-refractivity contribution in [2.75, 3.05) is 13.2 Å². The summed E-state index contributed by atoms with van der Waals surface area (Å²) < 4.78 is 4.80. The van der Waals surface area contributed by atoms with Crippen molar-refractivity contribution in [1.29, 1.82) is 0 Å². The van der Waals surface area contributed by atoms with Crippen molar-refractivity contribution in [3.8, 4) is 0 Å². The smallest absolute Gasteiger partial charge is 0.194 e. The number of aliphatic hydroxyl groups is 2. The van der Waals surface area contributed by atoms with Crippen LogP contribution in [0.4, 0.5) is 0 Å². The SMILES string of the molecule is C[C@H](N)C(=O)POCC(O)CO. The van der Waals surface area contributed by atoms with Gasteiger partial charge in [-0.25, -0.2) is 0 Å². The molecule has 0 heterocycles. The zero-order chi connectivity index (χ0) is 9.56. The highest BCUT2D eigenvalue weighted by Gasteiger charge is 2.09. The molecule has 0 saturated heterocycles. The van der Waals surface area contributed by atoms with Gasteiger partial charge in [0.15, 0.2) is 5.52 Å². The largest absolute Gasteiger partial charge is 0.394 e.